The summed E-state index contributed by atoms with van der Waals surface area (Å²) in [5.41, 5.74) is 0.983. The third kappa shape index (κ3) is 4.15. The van der Waals surface area contributed by atoms with Crippen LogP contribution in [-0.2, 0) is 19.9 Å². The second kappa shape index (κ2) is 8.85. The molecule has 1 fully saturated rings. The summed E-state index contributed by atoms with van der Waals surface area (Å²) < 4.78 is 61.1. The topological polar surface area (TPSA) is 118 Å². The molecule has 0 saturated carbocycles. The van der Waals surface area contributed by atoms with E-state index in [1.165, 1.54) is 27.4 Å². The Kier molecular flexibility index (Phi) is 6.30. The van der Waals surface area contributed by atoms with Gasteiger partial charge < -0.3 is 4.90 Å². The maximum atomic E-state index is 13.2. The Bertz CT molecular complexity index is 1360. The number of carbonyl (C=O) groups is 1. The van der Waals surface area contributed by atoms with Crippen LogP contribution >= 0.6 is 11.7 Å². The van der Waals surface area contributed by atoms with Crippen molar-refractivity contribution < 1.29 is 21.6 Å². The maximum absolute atomic E-state index is 13.2. The average Bonchev–Trinajstić information content (AvgIpc) is 3.27. The molecule has 0 spiro atoms. The first-order valence-electron chi connectivity index (χ1n) is 10.1. The molecule has 170 valence electrons. The van der Waals surface area contributed by atoms with Gasteiger partial charge in [-0.1, -0.05) is 25.1 Å². The van der Waals surface area contributed by atoms with E-state index in [1.807, 2.05) is 0 Å². The number of benzene rings is 2. The van der Waals surface area contributed by atoms with Crippen molar-refractivity contribution in [3.05, 3.63) is 48.0 Å². The molecular formula is C20H22N4O5S3. The number of hydrogen-bond acceptors (Lipinski definition) is 8. The van der Waals surface area contributed by atoms with Crippen molar-refractivity contribution in [1.29, 1.82) is 0 Å². The number of hydrogen-bond donors (Lipinski definition) is 0. The fraction of sp³-hybridized carbons (Fsp3) is 0.350. The maximum Gasteiger partial charge on any atom is 0.255 e. The highest BCUT2D eigenvalue weighted by Gasteiger charge is 2.33. The van der Waals surface area contributed by atoms with Crippen molar-refractivity contribution in [3.8, 4) is 0 Å². The molecular weight excluding hydrogens is 472 g/mol. The van der Waals surface area contributed by atoms with Crippen molar-refractivity contribution >= 4 is 48.5 Å². The highest BCUT2D eigenvalue weighted by Crippen LogP contribution is 2.26. The summed E-state index contributed by atoms with van der Waals surface area (Å²) in [6.45, 7) is 2.29. The van der Waals surface area contributed by atoms with Crippen LogP contribution in [0.3, 0.4) is 0 Å². The molecule has 0 N–H and O–H groups in total. The Balaban J connectivity index is 1.54. The first kappa shape index (κ1) is 22.8. The van der Waals surface area contributed by atoms with Gasteiger partial charge in [-0.15, -0.1) is 0 Å². The number of piperazine rings is 1. The van der Waals surface area contributed by atoms with Gasteiger partial charge in [0.15, 0.2) is 9.84 Å². The minimum absolute atomic E-state index is 0.0182. The Hall–Kier alpha value is -2.41. The van der Waals surface area contributed by atoms with Crippen LogP contribution in [0, 0.1) is 0 Å². The van der Waals surface area contributed by atoms with Crippen molar-refractivity contribution in [2.75, 3.05) is 31.9 Å². The van der Waals surface area contributed by atoms with Crippen molar-refractivity contribution in [1.82, 2.24) is 18.0 Å². The minimum atomic E-state index is -3.81. The van der Waals surface area contributed by atoms with E-state index in [9.17, 15) is 21.6 Å². The van der Waals surface area contributed by atoms with E-state index < -0.39 is 25.8 Å². The van der Waals surface area contributed by atoms with Gasteiger partial charge >= 0.3 is 0 Å². The lowest BCUT2D eigenvalue weighted by atomic mass is 10.2. The number of amides is 1. The van der Waals surface area contributed by atoms with Gasteiger partial charge in [0.1, 0.15) is 15.9 Å². The lowest BCUT2D eigenvalue weighted by Crippen LogP contribution is -2.50. The third-order valence-corrected chi connectivity index (χ3v) is 9.76. The molecule has 32 heavy (non-hydrogen) atoms. The van der Waals surface area contributed by atoms with Crippen molar-refractivity contribution in [2.24, 2.45) is 0 Å². The monoisotopic (exact) mass is 494 g/mol. The number of fused-ring (bicyclic) bond motifs is 1. The summed E-state index contributed by atoms with van der Waals surface area (Å²) in [5.74, 6) is -0.455. The molecule has 1 aliphatic rings. The fourth-order valence-corrected chi connectivity index (χ4v) is 7.43. The van der Waals surface area contributed by atoms with Crippen molar-refractivity contribution in [3.63, 3.8) is 0 Å². The standard InChI is InChI=1S/C20H22N4O5S3/c1-2-14-31(26,27)17-8-4-3-6-15(17)20(25)23-10-12-24(13-11-23)32(28,29)18-9-5-7-16-19(18)22-30-21-16/h3-9H,2,10-14H2,1H3. The summed E-state index contributed by atoms with van der Waals surface area (Å²) in [4.78, 5) is 14.7. The second-order valence-corrected chi connectivity index (χ2v) is 11.9. The molecule has 0 bridgehead atoms. The molecule has 1 aromatic heterocycles. The van der Waals surface area contributed by atoms with Gasteiger partial charge in [0.05, 0.1) is 27.9 Å². The molecule has 0 aliphatic carbocycles. The first-order chi connectivity index (χ1) is 15.3. The number of nitrogens with zero attached hydrogens (tertiary/aromatic N) is 4. The van der Waals surface area contributed by atoms with E-state index in [2.05, 4.69) is 8.75 Å². The van der Waals surface area contributed by atoms with Gasteiger partial charge in [0.2, 0.25) is 10.0 Å². The molecule has 3 aromatic rings. The molecule has 4 rings (SSSR count). The quantitative estimate of drug-likeness (QED) is 0.514. The first-order valence-corrected chi connectivity index (χ1v) is 13.9. The zero-order chi connectivity index (χ0) is 22.9. The Labute approximate surface area is 191 Å². The largest absolute Gasteiger partial charge is 0.336 e. The lowest BCUT2D eigenvalue weighted by Gasteiger charge is -2.34. The van der Waals surface area contributed by atoms with Crippen LogP contribution in [-0.4, -0.2) is 72.6 Å². The van der Waals surface area contributed by atoms with E-state index in [0.29, 0.717) is 17.5 Å². The predicted molar refractivity (Wildman–Crippen MR) is 121 cm³/mol. The van der Waals surface area contributed by atoms with E-state index >= 15 is 0 Å². The summed E-state index contributed by atoms with van der Waals surface area (Å²) in [7, 11) is -7.38. The molecule has 0 atom stereocenters. The highest BCUT2D eigenvalue weighted by atomic mass is 32.2. The Morgan fingerprint density at radius 1 is 0.938 bits per heavy atom. The molecule has 12 heteroatoms. The van der Waals surface area contributed by atoms with Gasteiger partial charge in [0, 0.05) is 26.2 Å². The van der Waals surface area contributed by atoms with Crippen LogP contribution in [0.5, 0.6) is 0 Å². The molecule has 9 nitrogen and oxygen atoms in total. The Morgan fingerprint density at radius 2 is 1.62 bits per heavy atom. The van der Waals surface area contributed by atoms with Crippen LogP contribution in [0.25, 0.3) is 11.0 Å². The van der Waals surface area contributed by atoms with Crippen LogP contribution in [0.2, 0.25) is 0 Å². The molecule has 2 aromatic carbocycles. The number of carbonyl (C=O) groups excluding carboxylic acids is 1. The normalized spacial score (nSPS) is 15.8. The molecule has 1 aliphatic heterocycles. The van der Waals surface area contributed by atoms with E-state index in [0.717, 1.165) is 11.7 Å². The van der Waals surface area contributed by atoms with Gasteiger partial charge in [0.25, 0.3) is 5.91 Å². The summed E-state index contributed by atoms with van der Waals surface area (Å²) in [5, 5.41) is 0. The highest BCUT2D eigenvalue weighted by molar-refractivity contribution is 7.91. The summed E-state index contributed by atoms with van der Waals surface area (Å²) in [6, 6.07) is 11.0. The van der Waals surface area contributed by atoms with Gasteiger partial charge in [-0.3, -0.25) is 4.79 Å². The average molecular weight is 495 g/mol. The van der Waals surface area contributed by atoms with Gasteiger partial charge in [-0.2, -0.15) is 13.1 Å². The SMILES string of the molecule is CCCS(=O)(=O)c1ccccc1C(=O)N1CCN(S(=O)(=O)c2cccc3nsnc23)CC1. The summed E-state index contributed by atoms with van der Waals surface area (Å²) >= 11 is 0.953. The number of sulfonamides is 1. The van der Waals surface area contributed by atoms with Gasteiger partial charge in [-0.05, 0) is 30.7 Å². The van der Waals surface area contributed by atoms with Crippen molar-refractivity contribution in [2.45, 2.75) is 23.1 Å². The lowest BCUT2D eigenvalue weighted by molar-refractivity contribution is 0.0694. The van der Waals surface area contributed by atoms with Crippen LogP contribution in [0.4, 0.5) is 0 Å². The van der Waals surface area contributed by atoms with E-state index in [1.54, 1.807) is 31.2 Å². The van der Waals surface area contributed by atoms with Gasteiger partial charge in [-0.25, -0.2) is 16.8 Å². The minimum Gasteiger partial charge on any atom is -0.336 e. The Morgan fingerprint density at radius 3 is 2.34 bits per heavy atom. The van der Waals surface area contributed by atoms with Crippen LogP contribution < -0.4 is 0 Å². The number of sulfone groups is 1. The van der Waals surface area contributed by atoms with E-state index in [-0.39, 0.29) is 47.3 Å². The molecule has 1 saturated heterocycles. The molecule has 1 amide bonds. The van der Waals surface area contributed by atoms with Crippen LogP contribution in [0.1, 0.15) is 23.7 Å². The van der Waals surface area contributed by atoms with Crippen LogP contribution in [0.15, 0.2) is 52.3 Å². The zero-order valence-corrected chi connectivity index (χ0v) is 19.8. The zero-order valence-electron chi connectivity index (χ0n) is 17.3. The molecule has 0 unspecified atom stereocenters. The number of aromatic nitrogens is 2. The second-order valence-electron chi connectivity index (χ2n) is 7.40. The smallest absolute Gasteiger partial charge is 0.255 e. The molecule has 0 radical (unpaired) electrons. The third-order valence-electron chi connectivity index (χ3n) is 5.32. The predicted octanol–water partition coefficient (Wildman–Crippen LogP) is 2.02. The summed E-state index contributed by atoms with van der Waals surface area (Å²) in [6.07, 6.45) is 0.447. The fourth-order valence-electron chi connectivity index (χ4n) is 3.72. The van der Waals surface area contributed by atoms with E-state index in [4.69, 9.17) is 0 Å². The number of rotatable bonds is 6. The molecule has 2 heterocycles.